The fourth-order valence-electron chi connectivity index (χ4n) is 3.32. The molecule has 2 bridgehead atoms. The molecule has 5 heteroatoms. The number of rotatable bonds is 5. The molecule has 0 aromatic carbocycles. The van der Waals surface area contributed by atoms with Crippen molar-refractivity contribution < 1.29 is 14.7 Å². The SMILES string of the molecule is CC(C)SCC(=O)NC1C2CCC(C2)C1C(=O)O. The highest BCUT2D eigenvalue weighted by Gasteiger charge is 2.51. The molecule has 4 unspecified atom stereocenters. The molecule has 2 rings (SSSR count). The number of carboxylic acid groups (broad SMARTS) is 1. The monoisotopic (exact) mass is 271 g/mol. The second-order valence-electron chi connectivity index (χ2n) is 5.65. The minimum atomic E-state index is -0.746. The molecule has 18 heavy (non-hydrogen) atoms. The summed E-state index contributed by atoms with van der Waals surface area (Å²) in [5.41, 5.74) is 0. The predicted octanol–water partition coefficient (Wildman–Crippen LogP) is 1.74. The number of nitrogens with one attached hydrogen (secondary N) is 1. The summed E-state index contributed by atoms with van der Waals surface area (Å²) in [4.78, 5) is 23.1. The third-order valence-electron chi connectivity index (χ3n) is 4.08. The van der Waals surface area contributed by atoms with Crippen molar-refractivity contribution in [2.75, 3.05) is 5.75 Å². The summed E-state index contributed by atoms with van der Waals surface area (Å²) in [5.74, 6) is -0.0457. The Hall–Kier alpha value is -0.710. The average Bonchev–Trinajstić information content (AvgIpc) is 2.86. The van der Waals surface area contributed by atoms with E-state index in [1.165, 1.54) is 0 Å². The Morgan fingerprint density at radius 3 is 2.61 bits per heavy atom. The van der Waals surface area contributed by atoms with Crippen LogP contribution in [0.2, 0.25) is 0 Å². The summed E-state index contributed by atoms with van der Waals surface area (Å²) in [7, 11) is 0. The van der Waals surface area contributed by atoms with Gasteiger partial charge in [0.15, 0.2) is 0 Å². The minimum Gasteiger partial charge on any atom is -0.481 e. The Balaban J connectivity index is 1.91. The van der Waals surface area contributed by atoms with E-state index in [1.54, 1.807) is 11.8 Å². The topological polar surface area (TPSA) is 66.4 Å². The molecule has 0 aromatic heterocycles. The first-order valence-corrected chi connectivity index (χ1v) is 7.67. The third-order valence-corrected chi connectivity index (χ3v) is 5.17. The third kappa shape index (κ3) is 2.82. The van der Waals surface area contributed by atoms with E-state index < -0.39 is 5.97 Å². The van der Waals surface area contributed by atoms with Gasteiger partial charge in [0.1, 0.15) is 0 Å². The van der Waals surface area contributed by atoms with Gasteiger partial charge in [0.2, 0.25) is 5.91 Å². The van der Waals surface area contributed by atoms with E-state index in [-0.39, 0.29) is 23.8 Å². The maximum atomic E-state index is 11.8. The fraction of sp³-hybridized carbons (Fsp3) is 0.846. The second-order valence-corrected chi connectivity index (χ2v) is 7.22. The van der Waals surface area contributed by atoms with Crippen LogP contribution in [0.25, 0.3) is 0 Å². The van der Waals surface area contributed by atoms with Crippen LogP contribution in [0.3, 0.4) is 0 Å². The van der Waals surface area contributed by atoms with Gasteiger partial charge in [-0.25, -0.2) is 0 Å². The summed E-state index contributed by atoms with van der Waals surface area (Å²) in [5, 5.41) is 12.7. The predicted molar refractivity (Wildman–Crippen MR) is 71.5 cm³/mol. The van der Waals surface area contributed by atoms with Gasteiger partial charge >= 0.3 is 5.97 Å². The summed E-state index contributed by atoms with van der Waals surface area (Å²) in [6, 6.07) is -0.137. The van der Waals surface area contributed by atoms with Crippen molar-refractivity contribution in [2.24, 2.45) is 17.8 Å². The van der Waals surface area contributed by atoms with Crippen molar-refractivity contribution in [2.45, 2.75) is 44.4 Å². The number of fused-ring (bicyclic) bond motifs is 2. The smallest absolute Gasteiger partial charge is 0.308 e. The van der Waals surface area contributed by atoms with Gasteiger partial charge in [-0.15, -0.1) is 11.8 Å². The van der Waals surface area contributed by atoms with Gasteiger partial charge in [-0.3, -0.25) is 9.59 Å². The summed E-state index contributed by atoms with van der Waals surface area (Å²) in [6.45, 7) is 4.10. The van der Waals surface area contributed by atoms with Crippen molar-refractivity contribution >= 4 is 23.6 Å². The van der Waals surface area contributed by atoms with Crippen LogP contribution in [0.5, 0.6) is 0 Å². The van der Waals surface area contributed by atoms with E-state index in [9.17, 15) is 14.7 Å². The van der Waals surface area contributed by atoms with Gasteiger partial charge in [0, 0.05) is 6.04 Å². The molecule has 0 aromatic rings. The normalized spacial score (nSPS) is 33.9. The quantitative estimate of drug-likeness (QED) is 0.799. The van der Waals surface area contributed by atoms with Gasteiger partial charge in [-0.1, -0.05) is 13.8 Å². The van der Waals surface area contributed by atoms with Crippen molar-refractivity contribution in [3.63, 3.8) is 0 Å². The zero-order valence-electron chi connectivity index (χ0n) is 10.9. The Morgan fingerprint density at radius 1 is 1.33 bits per heavy atom. The first-order valence-electron chi connectivity index (χ1n) is 6.62. The lowest BCUT2D eigenvalue weighted by molar-refractivity contribution is -0.144. The molecule has 0 saturated heterocycles. The number of amides is 1. The molecule has 0 radical (unpaired) electrons. The summed E-state index contributed by atoms with van der Waals surface area (Å²) < 4.78 is 0. The molecule has 2 fully saturated rings. The number of hydrogen-bond donors (Lipinski definition) is 2. The largest absolute Gasteiger partial charge is 0.481 e. The maximum Gasteiger partial charge on any atom is 0.308 e. The van der Waals surface area contributed by atoms with Crippen LogP contribution in [0.15, 0.2) is 0 Å². The van der Waals surface area contributed by atoms with Gasteiger partial charge in [0.25, 0.3) is 0 Å². The lowest BCUT2D eigenvalue weighted by atomic mass is 9.84. The number of carboxylic acids is 1. The molecule has 4 nitrogen and oxygen atoms in total. The van der Waals surface area contributed by atoms with Gasteiger partial charge in [0.05, 0.1) is 11.7 Å². The van der Waals surface area contributed by atoms with E-state index in [4.69, 9.17) is 0 Å². The van der Waals surface area contributed by atoms with Crippen LogP contribution >= 0.6 is 11.8 Å². The first-order chi connectivity index (χ1) is 8.49. The highest BCUT2D eigenvalue weighted by molar-refractivity contribution is 8.00. The van der Waals surface area contributed by atoms with Gasteiger partial charge in [-0.05, 0) is 36.3 Å². The van der Waals surface area contributed by atoms with Crippen molar-refractivity contribution in [1.82, 2.24) is 5.32 Å². The first kappa shape index (κ1) is 13.7. The van der Waals surface area contributed by atoms with Crippen LogP contribution in [0.4, 0.5) is 0 Å². The van der Waals surface area contributed by atoms with E-state index in [0.717, 1.165) is 19.3 Å². The molecule has 2 aliphatic rings. The molecule has 0 aliphatic heterocycles. The second kappa shape index (κ2) is 5.51. The Kier molecular flexibility index (Phi) is 4.20. The van der Waals surface area contributed by atoms with Crippen LogP contribution in [-0.4, -0.2) is 34.0 Å². The van der Waals surface area contributed by atoms with Crippen LogP contribution in [-0.2, 0) is 9.59 Å². The highest BCUT2D eigenvalue weighted by Crippen LogP contribution is 2.48. The number of aliphatic carboxylic acids is 1. The average molecular weight is 271 g/mol. The Morgan fingerprint density at radius 2 is 2.00 bits per heavy atom. The number of carbonyl (C=O) groups is 2. The van der Waals surface area contributed by atoms with E-state index in [1.807, 2.05) is 0 Å². The molecule has 102 valence electrons. The molecule has 1 amide bonds. The van der Waals surface area contributed by atoms with E-state index in [2.05, 4.69) is 19.2 Å². The van der Waals surface area contributed by atoms with Crippen LogP contribution < -0.4 is 5.32 Å². The summed E-state index contributed by atoms with van der Waals surface area (Å²) >= 11 is 1.59. The Labute approximate surface area is 112 Å². The van der Waals surface area contributed by atoms with Crippen molar-refractivity contribution in [3.05, 3.63) is 0 Å². The van der Waals surface area contributed by atoms with Crippen LogP contribution in [0.1, 0.15) is 33.1 Å². The standard InChI is InChI=1S/C13H21NO3S/c1-7(2)18-6-10(15)14-12-9-4-3-8(5-9)11(12)13(16)17/h7-9,11-12H,3-6H2,1-2H3,(H,14,15)(H,16,17). The van der Waals surface area contributed by atoms with E-state index >= 15 is 0 Å². The molecule has 0 spiro atoms. The lowest BCUT2D eigenvalue weighted by Gasteiger charge is -2.28. The fourth-order valence-corrected chi connectivity index (χ4v) is 3.89. The van der Waals surface area contributed by atoms with Gasteiger partial charge < -0.3 is 10.4 Å². The highest BCUT2D eigenvalue weighted by atomic mass is 32.2. The number of thioether (sulfide) groups is 1. The number of hydrogen-bond acceptors (Lipinski definition) is 3. The minimum absolute atomic E-state index is 0.0162. The van der Waals surface area contributed by atoms with Crippen molar-refractivity contribution in [1.29, 1.82) is 0 Å². The van der Waals surface area contributed by atoms with Crippen LogP contribution in [0, 0.1) is 17.8 Å². The summed E-state index contributed by atoms with van der Waals surface area (Å²) in [6.07, 6.45) is 3.05. The lowest BCUT2D eigenvalue weighted by Crippen LogP contribution is -2.47. The van der Waals surface area contributed by atoms with E-state index in [0.29, 0.717) is 16.9 Å². The molecule has 2 N–H and O–H groups in total. The molecule has 4 atom stereocenters. The molecular weight excluding hydrogens is 250 g/mol. The van der Waals surface area contributed by atoms with Crippen molar-refractivity contribution in [3.8, 4) is 0 Å². The Bertz CT molecular complexity index is 345. The molecule has 0 heterocycles. The zero-order valence-corrected chi connectivity index (χ0v) is 11.7. The number of carbonyl (C=O) groups excluding carboxylic acids is 1. The molecule has 2 saturated carbocycles. The zero-order chi connectivity index (χ0) is 13.3. The maximum absolute atomic E-state index is 11.8. The van der Waals surface area contributed by atoms with Gasteiger partial charge in [-0.2, -0.15) is 0 Å². The molecular formula is C13H21NO3S. The molecule has 2 aliphatic carbocycles.